The molecule has 0 radical (unpaired) electrons. The fraction of sp³-hybridized carbons (Fsp3) is 0.174. The van der Waals surface area contributed by atoms with Crippen LogP contribution in [0.15, 0.2) is 65.1 Å². The Balaban J connectivity index is 1.53. The van der Waals surface area contributed by atoms with Gasteiger partial charge < -0.3 is 13.9 Å². The van der Waals surface area contributed by atoms with Crippen molar-refractivity contribution in [3.63, 3.8) is 0 Å². The summed E-state index contributed by atoms with van der Waals surface area (Å²) in [5.41, 5.74) is 1.17. The largest absolute Gasteiger partial charge is 0.490 e. The molecular formula is C23H21N3O4. The third-order valence-electron chi connectivity index (χ3n) is 4.45. The minimum Gasteiger partial charge on any atom is -0.490 e. The van der Waals surface area contributed by atoms with Gasteiger partial charge in [-0.1, -0.05) is 35.4 Å². The molecule has 0 aliphatic carbocycles. The van der Waals surface area contributed by atoms with Crippen molar-refractivity contribution in [1.82, 2.24) is 10.2 Å². The van der Waals surface area contributed by atoms with Gasteiger partial charge in [0.15, 0.2) is 11.5 Å². The number of nitrogens with zero attached hydrogens (tertiary/aromatic N) is 2. The highest BCUT2D eigenvalue weighted by atomic mass is 16.5. The summed E-state index contributed by atoms with van der Waals surface area (Å²) in [6, 6.07) is 18.7. The van der Waals surface area contributed by atoms with Crippen LogP contribution in [0.1, 0.15) is 24.2 Å². The number of rotatable bonds is 7. The quantitative estimate of drug-likeness (QED) is 0.470. The molecule has 4 rings (SSSR count). The summed E-state index contributed by atoms with van der Waals surface area (Å²) in [6.45, 7) is 4.84. The van der Waals surface area contributed by atoms with Gasteiger partial charge in [-0.3, -0.25) is 10.1 Å². The van der Waals surface area contributed by atoms with E-state index in [1.807, 2.05) is 50.2 Å². The monoisotopic (exact) mass is 403 g/mol. The molecule has 1 aromatic heterocycles. The molecular weight excluding hydrogens is 382 g/mol. The molecule has 0 aliphatic rings. The van der Waals surface area contributed by atoms with Gasteiger partial charge >= 0.3 is 6.01 Å². The lowest BCUT2D eigenvalue weighted by Crippen LogP contribution is -2.12. The smallest absolute Gasteiger partial charge is 0.322 e. The van der Waals surface area contributed by atoms with E-state index in [4.69, 9.17) is 13.9 Å². The standard InChI is InChI=1S/C23H21N3O4/c1-3-28-19-12-11-18(14-20(19)29-4-2)22-25-26-23(30-22)24-21(27)17-10-9-15-7-5-6-8-16(15)13-17/h5-14H,3-4H2,1-2H3,(H,24,26,27). The number of carbonyl (C=O) groups is 1. The van der Waals surface area contributed by atoms with Crippen LogP contribution in [0, 0.1) is 0 Å². The Kier molecular flexibility index (Phi) is 5.61. The first-order chi connectivity index (χ1) is 14.7. The second-order valence-electron chi connectivity index (χ2n) is 6.46. The van der Waals surface area contributed by atoms with Crippen LogP contribution in [0.25, 0.3) is 22.2 Å². The summed E-state index contributed by atoms with van der Waals surface area (Å²) < 4.78 is 16.8. The SMILES string of the molecule is CCOc1ccc(-c2nnc(NC(=O)c3ccc4ccccc4c3)o2)cc1OCC. The minimum atomic E-state index is -0.322. The Morgan fingerprint density at radius 3 is 2.47 bits per heavy atom. The maximum Gasteiger partial charge on any atom is 0.322 e. The zero-order chi connectivity index (χ0) is 20.9. The van der Waals surface area contributed by atoms with Gasteiger partial charge in [-0.2, -0.15) is 0 Å². The van der Waals surface area contributed by atoms with Crippen LogP contribution in [0.3, 0.4) is 0 Å². The van der Waals surface area contributed by atoms with Crippen LogP contribution in [0.4, 0.5) is 6.01 Å². The fourth-order valence-corrected chi connectivity index (χ4v) is 3.07. The van der Waals surface area contributed by atoms with Crippen molar-refractivity contribution in [2.45, 2.75) is 13.8 Å². The molecule has 0 fully saturated rings. The molecule has 7 nitrogen and oxygen atoms in total. The lowest BCUT2D eigenvalue weighted by Gasteiger charge is -2.11. The van der Waals surface area contributed by atoms with Gasteiger partial charge in [0.2, 0.25) is 5.89 Å². The lowest BCUT2D eigenvalue weighted by atomic mass is 10.1. The van der Waals surface area contributed by atoms with Crippen LogP contribution in [-0.4, -0.2) is 29.3 Å². The van der Waals surface area contributed by atoms with E-state index in [0.29, 0.717) is 35.8 Å². The Morgan fingerprint density at radius 1 is 0.900 bits per heavy atom. The second kappa shape index (κ2) is 8.65. The predicted molar refractivity (Wildman–Crippen MR) is 114 cm³/mol. The van der Waals surface area contributed by atoms with Gasteiger partial charge in [-0.25, -0.2) is 0 Å². The third kappa shape index (κ3) is 4.10. The number of fused-ring (bicyclic) bond motifs is 1. The minimum absolute atomic E-state index is 0.0232. The highest BCUT2D eigenvalue weighted by Gasteiger charge is 2.15. The number of ether oxygens (including phenoxy) is 2. The van der Waals surface area contributed by atoms with Crippen LogP contribution in [-0.2, 0) is 0 Å². The third-order valence-corrected chi connectivity index (χ3v) is 4.45. The van der Waals surface area contributed by atoms with Gasteiger partial charge in [0.25, 0.3) is 5.91 Å². The number of anilines is 1. The molecule has 7 heteroatoms. The molecule has 4 aromatic rings. The van der Waals surface area contributed by atoms with E-state index < -0.39 is 0 Å². The molecule has 0 atom stereocenters. The summed E-state index contributed by atoms with van der Waals surface area (Å²) in [5.74, 6) is 1.19. The normalized spacial score (nSPS) is 10.7. The van der Waals surface area contributed by atoms with E-state index in [0.717, 1.165) is 10.8 Å². The maximum absolute atomic E-state index is 12.6. The molecule has 152 valence electrons. The fourth-order valence-electron chi connectivity index (χ4n) is 3.07. The van der Waals surface area contributed by atoms with Crippen molar-refractivity contribution in [3.05, 3.63) is 66.2 Å². The zero-order valence-corrected chi connectivity index (χ0v) is 16.7. The number of benzene rings is 3. The summed E-state index contributed by atoms with van der Waals surface area (Å²) in [7, 11) is 0. The Hall–Kier alpha value is -3.87. The van der Waals surface area contributed by atoms with E-state index in [1.165, 1.54) is 0 Å². The van der Waals surface area contributed by atoms with Crippen molar-refractivity contribution in [1.29, 1.82) is 0 Å². The first-order valence-corrected chi connectivity index (χ1v) is 9.71. The van der Waals surface area contributed by atoms with Crippen molar-refractivity contribution < 1.29 is 18.7 Å². The molecule has 0 saturated carbocycles. The zero-order valence-electron chi connectivity index (χ0n) is 16.7. The molecule has 0 unspecified atom stereocenters. The number of amides is 1. The maximum atomic E-state index is 12.6. The molecule has 0 spiro atoms. The van der Waals surface area contributed by atoms with Crippen LogP contribution >= 0.6 is 0 Å². The number of nitrogens with one attached hydrogen (secondary N) is 1. The van der Waals surface area contributed by atoms with Gasteiger partial charge in [0, 0.05) is 11.1 Å². The molecule has 3 aromatic carbocycles. The molecule has 1 amide bonds. The van der Waals surface area contributed by atoms with Gasteiger partial charge in [-0.05, 0) is 55.0 Å². The molecule has 1 N–H and O–H groups in total. The Bertz CT molecular complexity index is 1190. The second-order valence-corrected chi connectivity index (χ2v) is 6.46. The van der Waals surface area contributed by atoms with E-state index in [-0.39, 0.29) is 17.8 Å². The summed E-state index contributed by atoms with van der Waals surface area (Å²) in [4.78, 5) is 12.6. The van der Waals surface area contributed by atoms with E-state index in [9.17, 15) is 4.79 Å². The van der Waals surface area contributed by atoms with E-state index in [1.54, 1.807) is 24.3 Å². The highest BCUT2D eigenvalue weighted by Crippen LogP contribution is 2.33. The first-order valence-electron chi connectivity index (χ1n) is 9.71. The van der Waals surface area contributed by atoms with Gasteiger partial charge in [0.1, 0.15) is 0 Å². The van der Waals surface area contributed by atoms with Crippen molar-refractivity contribution in [2.24, 2.45) is 0 Å². The Labute approximate surface area is 173 Å². The Morgan fingerprint density at radius 2 is 1.67 bits per heavy atom. The average molecular weight is 403 g/mol. The molecule has 0 bridgehead atoms. The van der Waals surface area contributed by atoms with Crippen molar-refractivity contribution >= 4 is 22.7 Å². The lowest BCUT2D eigenvalue weighted by molar-refractivity contribution is 0.102. The topological polar surface area (TPSA) is 86.5 Å². The van der Waals surface area contributed by atoms with Crippen LogP contribution < -0.4 is 14.8 Å². The van der Waals surface area contributed by atoms with Crippen LogP contribution in [0.5, 0.6) is 11.5 Å². The molecule has 0 saturated heterocycles. The van der Waals surface area contributed by atoms with E-state index >= 15 is 0 Å². The van der Waals surface area contributed by atoms with E-state index in [2.05, 4.69) is 15.5 Å². The van der Waals surface area contributed by atoms with Crippen molar-refractivity contribution in [3.8, 4) is 23.0 Å². The first kappa shape index (κ1) is 19.4. The van der Waals surface area contributed by atoms with Crippen LogP contribution in [0.2, 0.25) is 0 Å². The number of aromatic nitrogens is 2. The summed E-state index contributed by atoms with van der Waals surface area (Å²) in [5, 5.41) is 12.7. The number of carbonyl (C=O) groups excluding carboxylic acids is 1. The predicted octanol–water partition coefficient (Wildman–Crippen LogP) is 4.94. The summed E-state index contributed by atoms with van der Waals surface area (Å²) in [6.07, 6.45) is 0. The average Bonchev–Trinajstić information content (AvgIpc) is 3.23. The molecule has 0 aliphatic heterocycles. The number of hydrogen-bond donors (Lipinski definition) is 1. The van der Waals surface area contributed by atoms with Gasteiger partial charge in [0.05, 0.1) is 13.2 Å². The van der Waals surface area contributed by atoms with Gasteiger partial charge in [-0.15, -0.1) is 5.10 Å². The van der Waals surface area contributed by atoms with Crippen molar-refractivity contribution in [2.75, 3.05) is 18.5 Å². The summed E-state index contributed by atoms with van der Waals surface area (Å²) >= 11 is 0. The highest BCUT2D eigenvalue weighted by molar-refractivity contribution is 6.05. The number of hydrogen-bond acceptors (Lipinski definition) is 6. The molecule has 30 heavy (non-hydrogen) atoms. The molecule has 1 heterocycles.